The van der Waals surface area contributed by atoms with Gasteiger partial charge in [0.15, 0.2) is 5.79 Å². The second-order valence-electron chi connectivity index (χ2n) is 6.19. The summed E-state index contributed by atoms with van der Waals surface area (Å²) >= 11 is 0. The first kappa shape index (κ1) is 20.2. The first-order valence-corrected chi connectivity index (χ1v) is 9.16. The largest absolute Gasteiger partial charge is 0.511 e. The topological polar surface area (TPSA) is 171 Å². The minimum absolute atomic E-state index is 0.00662. The molecule has 26 heavy (non-hydrogen) atoms. The maximum Gasteiger partial charge on any atom is 0.448 e. The van der Waals surface area contributed by atoms with Gasteiger partial charge < -0.3 is 35.3 Å². The number of hydrogen-bond donors (Lipinski definition) is 7. The molecular weight excluding hydrogens is 365 g/mol. The lowest BCUT2D eigenvalue weighted by Crippen LogP contribution is -2.45. The van der Waals surface area contributed by atoms with Crippen LogP contribution in [0.4, 0.5) is 0 Å². The van der Waals surface area contributed by atoms with Gasteiger partial charge in [0.05, 0.1) is 5.71 Å². The van der Waals surface area contributed by atoms with Crippen LogP contribution in [-0.2, 0) is 4.57 Å². The SMILES string of the molecule is CC(CC(O)(O)C1C(O)=CC(O)=C/C1=N\P(=O)(O)O)c1cccc(O)c1. The van der Waals surface area contributed by atoms with E-state index in [2.05, 4.69) is 4.76 Å². The zero-order valence-electron chi connectivity index (χ0n) is 13.8. The summed E-state index contributed by atoms with van der Waals surface area (Å²) in [5.74, 6) is -6.07. The van der Waals surface area contributed by atoms with E-state index in [1.807, 2.05) is 0 Å². The van der Waals surface area contributed by atoms with Crippen molar-refractivity contribution in [1.29, 1.82) is 0 Å². The standard InChI is InChI=1S/C16H20NO8P/c1-9(10-3-2-4-11(18)5-10)8-16(21,22)15-13(17-26(23,24)25)6-12(19)7-14(15)20/h2-7,9,15,18-22H,8H2,1H3,(H2,23,24,25)/b17-13+. The van der Waals surface area contributed by atoms with Gasteiger partial charge in [-0.25, -0.2) is 4.57 Å². The van der Waals surface area contributed by atoms with E-state index in [1.54, 1.807) is 19.1 Å². The summed E-state index contributed by atoms with van der Waals surface area (Å²) in [5.41, 5.74) is 0.0209. The molecule has 0 radical (unpaired) electrons. The molecule has 0 aliphatic heterocycles. The maximum absolute atomic E-state index is 11.2. The first-order chi connectivity index (χ1) is 11.9. The van der Waals surface area contributed by atoms with Crippen molar-refractivity contribution >= 4 is 13.5 Å². The van der Waals surface area contributed by atoms with Gasteiger partial charge in [-0.15, -0.1) is 0 Å². The molecule has 2 unspecified atom stereocenters. The number of rotatable bonds is 5. The van der Waals surface area contributed by atoms with Gasteiger partial charge in [0.25, 0.3) is 0 Å². The summed E-state index contributed by atoms with van der Waals surface area (Å²) in [7, 11) is -4.95. The van der Waals surface area contributed by atoms with Crippen molar-refractivity contribution in [2.45, 2.75) is 25.0 Å². The predicted octanol–water partition coefficient (Wildman–Crippen LogP) is 1.61. The summed E-state index contributed by atoms with van der Waals surface area (Å²) in [5, 5.41) is 50.1. The van der Waals surface area contributed by atoms with Gasteiger partial charge in [-0.05, 0) is 23.6 Å². The Morgan fingerprint density at radius 2 is 1.85 bits per heavy atom. The summed E-state index contributed by atoms with van der Waals surface area (Å²) < 4.78 is 14.3. The summed E-state index contributed by atoms with van der Waals surface area (Å²) in [6, 6.07) is 6.13. The third-order valence-corrected chi connectivity index (χ3v) is 4.43. The van der Waals surface area contributed by atoms with Crippen LogP contribution in [0.5, 0.6) is 5.75 Å². The van der Waals surface area contributed by atoms with Gasteiger partial charge in [-0.2, -0.15) is 4.76 Å². The fourth-order valence-electron chi connectivity index (χ4n) is 2.89. The Bertz CT molecular complexity index is 823. The van der Waals surface area contributed by atoms with Gasteiger partial charge in [0.1, 0.15) is 23.2 Å². The molecule has 10 heteroatoms. The number of hydrogen-bond acceptors (Lipinski definition) is 6. The van der Waals surface area contributed by atoms with Crippen molar-refractivity contribution in [2.75, 3.05) is 0 Å². The van der Waals surface area contributed by atoms with E-state index in [0.29, 0.717) is 5.56 Å². The number of aromatic hydroxyl groups is 1. The van der Waals surface area contributed by atoms with Crippen LogP contribution >= 0.6 is 7.75 Å². The highest BCUT2D eigenvalue weighted by Gasteiger charge is 2.44. The maximum atomic E-state index is 11.2. The average molecular weight is 385 g/mol. The Labute approximate surface area is 149 Å². The molecular formula is C16H20NO8P. The quantitative estimate of drug-likeness (QED) is 0.296. The van der Waals surface area contributed by atoms with E-state index in [4.69, 9.17) is 9.79 Å². The molecule has 0 aromatic heterocycles. The van der Waals surface area contributed by atoms with Gasteiger partial charge in [-0.1, -0.05) is 19.1 Å². The van der Waals surface area contributed by atoms with E-state index < -0.39 is 42.6 Å². The Balaban J connectivity index is 2.37. The Morgan fingerprint density at radius 3 is 2.42 bits per heavy atom. The van der Waals surface area contributed by atoms with Crippen LogP contribution in [0, 0.1) is 5.92 Å². The number of aliphatic hydroxyl groups is 4. The van der Waals surface area contributed by atoms with Crippen LogP contribution in [0.1, 0.15) is 24.8 Å². The molecule has 0 saturated carbocycles. The monoisotopic (exact) mass is 385 g/mol. The van der Waals surface area contributed by atoms with Crippen molar-refractivity contribution in [1.82, 2.24) is 0 Å². The number of nitrogens with zero attached hydrogens (tertiary/aromatic N) is 1. The van der Waals surface area contributed by atoms with Crippen molar-refractivity contribution in [2.24, 2.45) is 10.7 Å². The van der Waals surface area contributed by atoms with Crippen LogP contribution in [-0.4, -0.2) is 46.8 Å². The van der Waals surface area contributed by atoms with Crippen LogP contribution in [0.2, 0.25) is 0 Å². The molecule has 2 rings (SSSR count). The molecule has 142 valence electrons. The van der Waals surface area contributed by atoms with E-state index >= 15 is 0 Å². The minimum Gasteiger partial charge on any atom is -0.511 e. The molecule has 2 atom stereocenters. The lowest BCUT2D eigenvalue weighted by Gasteiger charge is -2.34. The molecule has 0 bridgehead atoms. The van der Waals surface area contributed by atoms with Crippen molar-refractivity contribution in [3.05, 3.63) is 53.5 Å². The molecule has 0 spiro atoms. The number of phenolic OH excluding ortho intramolecular Hbond substituents is 1. The molecule has 0 fully saturated rings. The van der Waals surface area contributed by atoms with Crippen LogP contribution < -0.4 is 0 Å². The molecule has 0 saturated heterocycles. The summed E-state index contributed by atoms with van der Waals surface area (Å²) in [6.07, 6.45) is 1.32. The van der Waals surface area contributed by atoms with Gasteiger partial charge in [0.2, 0.25) is 0 Å². The number of allylic oxidation sites excluding steroid dienone is 2. The van der Waals surface area contributed by atoms with E-state index in [9.17, 15) is 30.1 Å². The molecule has 1 aliphatic carbocycles. The Kier molecular flexibility index (Phi) is 5.60. The number of aliphatic hydroxyl groups excluding tert-OH is 2. The highest BCUT2D eigenvalue weighted by molar-refractivity contribution is 7.50. The fraction of sp³-hybridized carbons (Fsp3) is 0.312. The minimum atomic E-state index is -4.95. The third-order valence-electron chi connectivity index (χ3n) is 3.94. The zero-order valence-corrected chi connectivity index (χ0v) is 14.7. The average Bonchev–Trinajstić information content (AvgIpc) is 2.43. The van der Waals surface area contributed by atoms with Crippen LogP contribution in [0.15, 0.2) is 52.7 Å². The molecule has 1 aliphatic rings. The number of benzene rings is 1. The Hall–Kier alpha value is -2.16. The fourth-order valence-corrected chi connectivity index (χ4v) is 3.37. The zero-order chi connectivity index (χ0) is 19.7. The molecule has 7 N–H and O–H groups in total. The molecule has 0 heterocycles. The smallest absolute Gasteiger partial charge is 0.448 e. The lowest BCUT2D eigenvalue weighted by atomic mass is 9.81. The normalized spacial score (nSPS) is 21.3. The highest BCUT2D eigenvalue weighted by atomic mass is 31.2. The first-order valence-electron chi connectivity index (χ1n) is 7.59. The second kappa shape index (κ2) is 7.22. The summed E-state index contributed by atoms with van der Waals surface area (Å²) in [4.78, 5) is 18.1. The van der Waals surface area contributed by atoms with Gasteiger partial charge in [0, 0.05) is 18.6 Å². The Morgan fingerprint density at radius 1 is 1.19 bits per heavy atom. The van der Waals surface area contributed by atoms with Crippen LogP contribution in [0.3, 0.4) is 0 Å². The van der Waals surface area contributed by atoms with Gasteiger partial charge in [-0.3, -0.25) is 0 Å². The van der Waals surface area contributed by atoms with Gasteiger partial charge >= 0.3 is 7.75 Å². The van der Waals surface area contributed by atoms with E-state index in [-0.39, 0.29) is 12.2 Å². The van der Waals surface area contributed by atoms with Crippen molar-refractivity contribution < 1.29 is 39.9 Å². The highest BCUT2D eigenvalue weighted by Crippen LogP contribution is 2.42. The second-order valence-corrected chi connectivity index (χ2v) is 7.41. The number of phenols is 1. The molecule has 1 aromatic rings. The molecule has 1 aromatic carbocycles. The predicted molar refractivity (Wildman–Crippen MR) is 92.7 cm³/mol. The van der Waals surface area contributed by atoms with E-state index in [0.717, 1.165) is 12.2 Å². The molecule has 0 amide bonds. The van der Waals surface area contributed by atoms with E-state index in [1.165, 1.54) is 12.1 Å². The van der Waals surface area contributed by atoms with Crippen molar-refractivity contribution in [3.8, 4) is 5.75 Å². The lowest BCUT2D eigenvalue weighted by molar-refractivity contribution is -0.188. The molecule has 9 nitrogen and oxygen atoms in total. The van der Waals surface area contributed by atoms with Crippen LogP contribution in [0.25, 0.3) is 0 Å². The summed E-state index contributed by atoms with van der Waals surface area (Å²) in [6.45, 7) is 1.65. The van der Waals surface area contributed by atoms with Crippen molar-refractivity contribution in [3.63, 3.8) is 0 Å². The third kappa shape index (κ3) is 4.94.